The number of nitrogens with two attached hydrogens (primary N) is 1. The van der Waals surface area contributed by atoms with Gasteiger partial charge in [-0.05, 0) is 0 Å². The van der Waals surface area contributed by atoms with Gasteiger partial charge in [0.05, 0.1) is 19.5 Å². The van der Waals surface area contributed by atoms with E-state index >= 15 is 0 Å². The predicted octanol–water partition coefficient (Wildman–Crippen LogP) is -3.52. The van der Waals surface area contributed by atoms with Gasteiger partial charge in [0.25, 0.3) is 0 Å². The van der Waals surface area contributed by atoms with Crippen molar-refractivity contribution in [2.45, 2.75) is 49.1 Å². The molecule has 0 bridgehead atoms. The molecule has 2 saturated heterocycles. The van der Waals surface area contributed by atoms with Gasteiger partial charge in [-0.25, -0.2) is 15.0 Å². The van der Waals surface area contributed by atoms with Crippen LogP contribution in [0.15, 0.2) is 12.7 Å². The van der Waals surface area contributed by atoms with E-state index in [-0.39, 0.29) is 12.4 Å². The summed E-state index contributed by atoms with van der Waals surface area (Å²) in [6.07, 6.45) is -6.83. The Morgan fingerprint density at radius 3 is 2.46 bits per heavy atom. The minimum Gasteiger partial charge on any atom is -0.394 e. The van der Waals surface area contributed by atoms with Gasteiger partial charge in [0.2, 0.25) is 0 Å². The fraction of sp³-hybridized carbons (Fsp3) is 0.667. The lowest BCUT2D eigenvalue weighted by atomic mass is 10.1. The van der Waals surface area contributed by atoms with Crippen LogP contribution in [-0.4, -0.2) is 101 Å². The van der Waals surface area contributed by atoms with Crippen molar-refractivity contribution in [1.82, 2.24) is 19.5 Å². The number of fused-ring (bicyclic) bond motifs is 1. The molecule has 8 atom stereocenters. The first-order valence-electron chi connectivity index (χ1n) is 8.61. The summed E-state index contributed by atoms with van der Waals surface area (Å²) < 4.78 is 17.7. The molecule has 2 aromatic heterocycles. The van der Waals surface area contributed by atoms with Gasteiger partial charge in [-0.15, -0.1) is 0 Å². The summed E-state index contributed by atoms with van der Waals surface area (Å²) in [7, 11) is 0. The predicted molar refractivity (Wildman–Crippen MR) is 89.4 cm³/mol. The van der Waals surface area contributed by atoms with Crippen LogP contribution < -0.4 is 5.73 Å². The van der Waals surface area contributed by atoms with Crippen LogP contribution in [0, 0.1) is 0 Å². The maximum absolute atomic E-state index is 10.4. The standard InChI is InChI=1S/C15H21N5O8/c16-12-7-13(18-3-17-12)20(4-19-7)14-10(24)9(23)6(27-14)2-26-15-11(25)8(22)5(1-21)28-15/h3-6,8-11,14-15,21-25H,1-2H2,(H2,16,17,18)/t5-,6-,8+,9-,10-,11-,14-,15?/m1/s1. The second-order valence-corrected chi connectivity index (χ2v) is 6.67. The largest absolute Gasteiger partial charge is 0.394 e. The molecule has 13 heteroatoms. The maximum Gasteiger partial charge on any atom is 0.186 e. The van der Waals surface area contributed by atoms with E-state index in [1.807, 2.05) is 0 Å². The number of nitrogens with zero attached hydrogens (tertiary/aromatic N) is 4. The minimum atomic E-state index is -1.37. The van der Waals surface area contributed by atoms with Gasteiger partial charge in [-0.3, -0.25) is 4.57 Å². The topological polar surface area (TPSA) is 198 Å². The van der Waals surface area contributed by atoms with E-state index in [4.69, 9.17) is 25.1 Å². The molecule has 0 saturated carbocycles. The quantitative estimate of drug-likeness (QED) is 0.290. The lowest BCUT2D eigenvalue weighted by molar-refractivity contribution is -0.190. The van der Waals surface area contributed by atoms with E-state index in [9.17, 15) is 20.4 Å². The highest BCUT2D eigenvalue weighted by Crippen LogP contribution is 2.33. The molecule has 0 amide bonds. The SMILES string of the molecule is Nc1ncnc2c1ncn2[C@@H]1O[C@H](COC2O[C@H](CO)[C@H](O)[C@H]2O)[C@@H](O)[C@H]1O. The van der Waals surface area contributed by atoms with Crippen LogP contribution in [0.25, 0.3) is 11.2 Å². The number of hydrogen-bond donors (Lipinski definition) is 6. The monoisotopic (exact) mass is 399 g/mol. The van der Waals surface area contributed by atoms with Crippen molar-refractivity contribution in [3.8, 4) is 0 Å². The number of anilines is 1. The van der Waals surface area contributed by atoms with E-state index in [0.717, 1.165) is 0 Å². The number of aliphatic hydroxyl groups is 5. The Balaban J connectivity index is 1.45. The van der Waals surface area contributed by atoms with Crippen LogP contribution >= 0.6 is 0 Å². The third-order valence-electron chi connectivity index (χ3n) is 4.92. The van der Waals surface area contributed by atoms with Gasteiger partial charge >= 0.3 is 0 Å². The first-order valence-corrected chi connectivity index (χ1v) is 8.61. The fourth-order valence-corrected chi connectivity index (χ4v) is 3.35. The highest BCUT2D eigenvalue weighted by molar-refractivity contribution is 5.81. The number of ether oxygens (including phenoxy) is 3. The molecule has 0 radical (unpaired) electrons. The Hall–Kier alpha value is -1.97. The Morgan fingerprint density at radius 2 is 1.75 bits per heavy atom. The summed E-state index contributed by atoms with van der Waals surface area (Å²) >= 11 is 0. The molecule has 2 aliphatic rings. The van der Waals surface area contributed by atoms with Crippen LogP contribution in [0.5, 0.6) is 0 Å². The maximum atomic E-state index is 10.4. The van der Waals surface area contributed by atoms with Crippen LogP contribution in [0.4, 0.5) is 5.82 Å². The molecule has 0 aromatic carbocycles. The number of imidazole rings is 1. The highest BCUT2D eigenvalue weighted by atomic mass is 16.7. The zero-order valence-corrected chi connectivity index (χ0v) is 14.5. The molecule has 4 heterocycles. The molecule has 2 fully saturated rings. The van der Waals surface area contributed by atoms with E-state index in [2.05, 4.69) is 15.0 Å². The molecule has 0 aliphatic carbocycles. The Kier molecular flexibility index (Phi) is 5.15. The first kappa shape index (κ1) is 19.4. The van der Waals surface area contributed by atoms with Crippen molar-refractivity contribution in [1.29, 1.82) is 0 Å². The zero-order valence-electron chi connectivity index (χ0n) is 14.5. The molecule has 154 valence electrons. The average Bonchev–Trinajstić information content (AvgIpc) is 3.32. The van der Waals surface area contributed by atoms with Crippen LogP contribution in [0.2, 0.25) is 0 Å². The molecule has 0 spiro atoms. The van der Waals surface area contributed by atoms with E-state index < -0.39 is 55.7 Å². The number of nitrogen functional groups attached to an aromatic ring is 1. The molecular weight excluding hydrogens is 378 g/mol. The summed E-state index contributed by atoms with van der Waals surface area (Å²) in [5.41, 5.74) is 6.41. The van der Waals surface area contributed by atoms with E-state index in [0.29, 0.717) is 11.2 Å². The first-order chi connectivity index (χ1) is 13.4. The molecule has 13 nitrogen and oxygen atoms in total. The van der Waals surface area contributed by atoms with Crippen molar-refractivity contribution >= 4 is 17.0 Å². The van der Waals surface area contributed by atoms with Gasteiger partial charge in [0.15, 0.2) is 24.0 Å². The highest BCUT2D eigenvalue weighted by Gasteiger charge is 2.47. The van der Waals surface area contributed by atoms with Crippen molar-refractivity contribution < 1.29 is 39.7 Å². The number of aliphatic hydroxyl groups excluding tert-OH is 5. The third kappa shape index (κ3) is 3.11. The number of rotatable bonds is 5. The zero-order chi connectivity index (χ0) is 20.0. The van der Waals surface area contributed by atoms with Crippen LogP contribution in [-0.2, 0) is 14.2 Å². The number of aromatic nitrogens is 4. The van der Waals surface area contributed by atoms with Gasteiger partial charge in [0, 0.05) is 0 Å². The molecule has 4 rings (SSSR count). The van der Waals surface area contributed by atoms with Gasteiger partial charge in [0.1, 0.15) is 48.5 Å². The van der Waals surface area contributed by atoms with Crippen molar-refractivity contribution in [3.63, 3.8) is 0 Å². The van der Waals surface area contributed by atoms with E-state index in [1.54, 1.807) is 0 Å². The summed E-state index contributed by atoms with van der Waals surface area (Å²) in [6.45, 7) is -0.731. The summed E-state index contributed by atoms with van der Waals surface area (Å²) in [6, 6.07) is 0. The second kappa shape index (κ2) is 7.46. The van der Waals surface area contributed by atoms with Crippen molar-refractivity contribution in [2.75, 3.05) is 18.9 Å². The fourth-order valence-electron chi connectivity index (χ4n) is 3.35. The smallest absolute Gasteiger partial charge is 0.186 e. The van der Waals surface area contributed by atoms with Gasteiger partial charge < -0.3 is 45.5 Å². The molecule has 7 N–H and O–H groups in total. The Bertz CT molecular complexity index is 836. The molecule has 1 unspecified atom stereocenters. The Morgan fingerprint density at radius 1 is 1.00 bits per heavy atom. The van der Waals surface area contributed by atoms with Crippen molar-refractivity contribution in [2.24, 2.45) is 0 Å². The van der Waals surface area contributed by atoms with Gasteiger partial charge in [-0.1, -0.05) is 0 Å². The minimum absolute atomic E-state index is 0.168. The Labute approximate surface area is 157 Å². The summed E-state index contributed by atoms with van der Waals surface area (Å²) in [4.78, 5) is 12.0. The van der Waals surface area contributed by atoms with Crippen LogP contribution in [0.1, 0.15) is 6.23 Å². The van der Waals surface area contributed by atoms with Crippen molar-refractivity contribution in [3.05, 3.63) is 12.7 Å². The summed E-state index contributed by atoms with van der Waals surface area (Å²) in [5.74, 6) is 0.168. The lowest BCUT2D eigenvalue weighted by Gasteiger charge is -2.20. The molecule has 2 aliphatic heterocycles. The van der Waals surface area contributed by atoms with E-state index in [1.165, 1.54) is 17.2 Å². The molecule has 28 heavy (non-hydrogen) atoms. The number of hydrogen-bond acceptors (Lipinski definition) is 12. The summed E-state index contributed by atoms with van der Waals surface area (Å²) in [5, 5.41) is 49.4. The molecule has 2 aromatic rings. The second-order valence-electron chi connectivity index (χ2n) is 6.67. The normalized spacial score (nSPS) is 38.5. The third-order valence-corrected chi connectivity index (χ3v) is 4.92. The van der Waals surface area contributed by atoms with Gasteiger partial charge in [-0.2, -0.15) is 0 Å². The lowest BCUT2D eigenvalue weighted by Crippen LogP contribution is -2.38. The van der Waals surface area contributed by atoms with Crippen LogP contribution in [0.3, 0.4) is 0 Å². The average molecular weight is 399 g/mol. The molecular formula is C15H21N5O8.